The van der Waals surface area contributed by atoms with Crippen molar-refractivity contribution in [3.8, 4) is 0 Å². The lowest BCUT2D eigenvalue weighted by atomic mass is 9.96. The maximum Gasteiger partial charge on any atom is 0.309 e. The highest BCUT2D eigenvalue weighted by molar-refractivity contribution is 7.91. The molecule has 1 N–H and O–H groups in total. The molecule has 0 amide bonds. The van der Waals surface area contributed by atoms with Gasteiger partial charge in [-0.1, -0.05) is 0 Å². The van der Waals surface area contributed by atoms with Gasteiger partial charge in [-0.25, -0.2) is 8.42 Å². The molecule has 2 rings (SSSR count). The van der Waals surface area contributed by atoms with Crippen molar-refractivity contribution in [3.63, 3.8) is 0 Å². The molecular formula is C11H19NO5S. The Labute approximate surface area is 107 Å². The number of ether oxygens (including phenoxy) is 1. The van der Waals surface area contributed by atoms with Crippen LogP contribution in [0.2, 0.25) is 0 Å². The van der Waals surface area contributed by atoms with Crippen LogP contribution in [-0.4, -0.2) is 68.2 Å². The molecule has 0 aliphatic carbocycles. The zero-order valence-electron chi connectivity index (χ0n) is 10.4. The molecule has 2 fully saturated rings. The second-order valence-electron chi connectivity index (χ2n) is 5.07. The number of methoxy groups -OCH3 is 1. The smallest absolute Gasteiger partial charge is 0.309 e. The van der Waals surface area contributed by atoms with Crippen molar-refractivity contribution in [2.75, 3.05) is 31.7 Å². The first-order chi connectivity index (χ1) is 8.43. The van der Waals surface area contributed by atoms with Crippen molar-refractivity contribution < 1.29 is 23.1 Å². The predicted octanol–water partition coefficient (Wildman–Crippen LogP) is -0.971. The van der Waals surface area contributed by atoms with Gasteiger partial charge in [-0.2, -0.15) is 0 Å². The number of hydrogen-bond donors (Lipinski definition) is 1. The zero-order valence-corrected chi connectivity index (χ0v) is 11.2. The van der Waals surface area contributed by atoms with Crippen LogP contribution in [0.1, 0.15) is 12.8 Å². The number of likely N-dealkylation sites (tertiary alicyclic amines) is 1. The van der Waals surface area contributed by atoms with Crippen LogP contribution in [-0.2, 0) is 19.4 Å². The highest BCUT2D eigenvalue weighted by atomic mass is 32.2. The van der Waals surface area contributed by atoms with Gasteiger partial charge in [0.15, 0.2) is 9.84 Å². The molecule has 2 aliphatic heterocycles. The Morgan fingerprint density at radius 3 is 2.67 bits per heavy atom. The minimum atomic E-state index is -3.15. The highest BCUT2D eigenvalue weighted by Crippen LogP contribution is 2.25. The van der Waals surface area contributed by atoms with Crippen LogP contribution in [0.3, 0.4) is 0 Å². The van der Waals surface area contributed by atoms with Crippen molar-refractivity contribution in [3.05, 3.63) is 0 Å². The lowest BCUT2D eigenvalue weighted by molar-refractivity contribution is -0.147. The molecule has 0 radical (unpaired) electrons. The Hall–Kier alpha value is -0.660. The summed E-state index contributed by atoms with van der Waals surface area (Å²) in [4.78, 5) is 13.4. The van der Waals surface area contributed by atoms with Crippen molar-refractivity contribution in [1.82, 2.24) is 4.90 Å². The number of sulfone groups is 1. The number of carbonyl (C=O) groups excluding carboxylic acids is 1. The van der Waals surface area contributed by atoms with Gasteiger partial charge in [0, 0.05) is 6.54 Å². The quantitative estimate of drug-likeness (QED) is 0.654. The summed E-state index contributed by atoms with van der Waals surface area (Å²) in [6, 6.07) is -0.373. The highest BCUT2D eigenvalue weighted by Gasteiger charge is 2.42. The number of esters is 1. The Morgan fingerprint density at radius 2 is 2.11 bits per heavy atom. The Bertz CT molecular complexity index is 421. The number of aliphatic hydroxyl groups is 1. The van der Waals surface area contributed by atoms with Crippen LogP contribution < -0.4 is 0 Å². The summed E-state index contributed by atoms with van der Waals surface area (Å²) < 4.78 is 27.7. The molecule has 2 heterocycles. The molecule has 3 unspecified atom stereocenters. The Kier molecular flexibility index (Phi) is 3.93. The van der Waals surface area contributed by atoms with E-state index < -0.39 is 15.9 Å². The van der Waals surface area contributed by atoms with E-state index in [0.29, 0.717) is 6.54 Å². The predicted molar refractivity (Wildman–Crippen MR) is 64.8 cm³/mol. The minimum absolute atomic E-state index is 0.0118. The fourth-order valence-corrected chi connectivity index (χ4v) is 4.66. The SMILES string of the molecule is COC(=O)C1CCCN(C2CS(=O)(=O)CC2O)C1. The van der Waals surface area contributed by atoms with E-state index in [1.54, 1.807) is 0 Å². The van der Waals surface area contributed by atoms with E-state index in [9.17, 15) is 18.3 Å². The standard InChI is InChI=1S/C11H19NO5S/c1-17-11(14)8-3-2-4-12(5-8)9-6-18(15,16)7-10(9)13/h8-10,13H,2-7H2,1H3. The van der Waals surface area contributed by atoms with Crippen LogP contribution in [0.5, 0.6) is 0 Å². The number of hydrogen-bond acceptors (Lipinski definition) is 6. The molecule has 0 spiro atoms. The van der Waals surface area contributed by atoms with Crippen molar-refractivity contribution in [2.24, 2.45) is 5.92 Å². The van der Waals surface area contributed by atoms with Gasteiger partial charge in [0.25, 0.3) is 0 Å². The number of piperidine rings is 1. The first-order valence-electron chi connectivity index (χ1n) is 6.13. The third kappa shape index (κ3) is 2.84. The summed E-state index contributed by atoms with van der Waals surface area (Å²) in [7, 11) is -1.79. The molecule has 0 bridgehead atoms. The number of rotatable bonds is 2. The molecule has 104 valence electrons. The van der Waals surface area contributed by atoms with Crippen LogP contribution in [0, 0.1) is 5.92 Å². The fraction of sp³-hybridized carbons (Fsp3) is 0.909. The van der Waals surface area contributed by atoms with Crippen LogP contribution in [0.25, 0.3) is 0 Å². The zero-order chi connectivity index (χ0) is 13.3. The normalized spacial score (nSPS) is 36.4. The van der Waals surface area contributed by atoms with Crippen molar-refractivity contribution in [2.45, 2.75) is 25.0 Å². The van der Waals surface area contributed by atoms with Gasteiger partial charge in [0.1, 0.15) is 0 Å². The fourth-order valence-electron chi connectivity index (χ4n) is 2.83. The van der Waals surface area contributed by atoms with Crippen LogP contribution in [0.15, 0.2) is 0 Å². The summed E-state index contributed by atoms with van der Waals surface area (Å²) in [6.45, 7) is 1.20. The second kappa shape index (κ2) is 5.14. The monoisotopic (exact) mass is 277 g/mol. The summed E-state index contributed by atoms with van der Waals surface area (Å²) in [6.07, 6.45) is 0.744. The summed E-state index contributed by atoms with van der Waals surface area (Å²) >= 11 is 0. The average Bonchev–Trinajstić information content (AvgIpc) is 2.62. The summed E-state index contributed by atoms with van der Waals surface area (Å²) in [5.74, 6) is -0.645. The van der Waals surface area contributed by atoms with Crippen molar-refractivity contribution in [1.29, 1.82) is 0 Å². The van der Waals surface area contributed by atoms with E-state index in [0.717, 1.165) is 19.4 Å². The van der Waals surface area contributed by atoms with Gasteiger partial charge >= 0.3 is 5.97 Å². The molecular weight excluding hydrogens is 258 g/mol. The molecule has 18 heavy (non-hydrogen) atoms. The lowest BCUT2D eigenvalue weighted by Gasteiger charge is -2.36. The molecule has 2 aliphatic rings. The van der Waals surface area contributed by atoms with Gasteiger partial charge < -0.3 is 9.84 Å². The number of nitrogens with zero attached hydrogens (tertiary/aromatic N) is 1. The molecule has 7 heteroatoms. The third-order valence-corrected chi connectivity index (χ3v) is 5.45. The molecule has 0 aromatic heterocycles. The van der Waals surface area contributed by atoms with E-state index in [4.69, 9.17) is 4.74 Å². The van der Waals surface area contributed by atoms with E-state index in [1.807, 2.05) is 4.90 Å². The van der Waals surface area contributed by atoms with Gasteiger partial charge in [-0.05, 0) is 19.4 Å². The third-order valence-electron chi connectivity index (χ3n) is 3.75. The van der Waals surface area contributed by atoms with Gasteiger partial charge in [-0.3, -0.25) is 9.69 Å². The molecule has 0 aromatic rings. The van der Waals surface area contributed by atoms with E-state index >= 15 is 0 Å². The minimum Gasteiger partial charge on any atom is -0.469 e. The number of carbonyl (C=O) groups is 1. The van der Waals surface area contributed by atoms with Gasteiger partial charge in [0.2, 0.25) is 0 Å². The Balaban J connectivity index is 2.03. The first-order valence-corrected chi connectivity index (χ1v) is 7.95. The largest absolute Gasteiger partial charge is 0.469 e. The molecule has 3 atom stereocenters. The lowest BCUT2D eigenvalue weighted by Crippen LogP contribution is -2.49. The first kappa shape index (κ1) is 13.8. The molecule has 2 saturated heterocycles. The van der Waals surface area contributed by atoms with Gasteiger partial charge in [0.05, 0.1) is 36.7 Å². The van der Waals surface area contributed by atoms with Crippen molar-refractivity contribution >= 4 is 15.8 Å². The van der Waals surface area contributed by atoms with Crippen LogP contribution in [0.4, 0.5) is 0 Å². The molecule has 0 aromatic carbocycles. The van der Waals surface area contributed by atoms with Gasteiger partial charge in [-0.15, -0.1) is 0 Å². The summed E-state index contributed by atoms with van der Waals surface area (Å²) in [5.41, 5.74) is 0. The molecule has 6 nitrogen and oxygen atoms in total. The van der Waals surface area contributed by atoms with Crippen LogP contribution >= 0.6 is 0 Å². The average molecular weight is 277 g/mol. The maximum absolute atomic E-state index is 11.5. The van der Waals surface area contributed by atoms with E-state index in [1.165, 1.54) is 7.11 Å². The molecule has 0 saturated carbocycles. The van der Waals surface area contributed by atoms with E-state index in [2.05, 4.69) is 0 Å². The summed E-state index contributed by atoms with van der Waals surface area (Å²) in [5, 5.41) is 9.82. The topological polar surface area (TPSA) is 83.9 Å². The Morgan fingerprint density at radius 1 is 1.39 bits per heavy atom. The second-order valence-corrected chi connectivity index (χ2v) is 7.22. The maximum atomic E-state index is 11.5. The number of aliphatic hydroxyl groups excluding tert-OH is 1. The van der Waals surface area contributed by atoms with E-state index in [-0.39, 0.29) is 29.4 Å².